The minimum absolute atomic E-state index is 0.362. The van der Waals surface area contributed by atoms with Crippen molar-refractivity contribution in [3.8, 4) is 5.75 Å². The van der Waals surface area contributed by atoms with E-state index in [4.69, 9.17) is 4.74 Å². The summed E-state index contributed by atoms with van der Waals surface area (Å²) < 4.78 is 5.25. The van der Waals surface area contributed by atoms with Crippen LogP contribution in [0.25, 0.3) is 10.8 Å². The molecule has 158 valence electrons. The van der Waals surface area contributed by atoms with E-state index in [1.807, 2.05) is 49.4 Å². The van der Waals surface area contributed by atoms with Crippen LogP contribution in [0.2, 0.25) is 0 Å². The first-order valence-corrected chi connectivity index (χ1v) is 9.89. The standard InChI is InChI=1S/C24H23N3O4/c1-15-4-9-19(10-5-15)25-21(28)14-27-22(29)24(2,26-23(27)30)18-8-6-17-13-20(31-3)11-7-16(17)12-18/h4-13H,14H2,1-3H3,(H,25,28)(H,26,30)/t24-/m0/s1. The molecule has 0 saturated carbocycles. The number of imide groups is 1. The van der Waals surface area contributed by atoms with Crippen LogP contribution in [0.5, 0.6) is 5.75 Å². The van der Waals surface area contributed by atoms with Gasteiger partial charge in [-0.15, -0.1) is 0 Å². The highest BCUT2D eigenvalue weighted by Crippen LogP contribution is 2.32. The third kappa shape index (κ3) is 3.82. The molecule has 1 aliphatic rings. The lowest BCUT2D eigenvalue weighted by Crippen LogP contribution is -2.42. The van der Waals surface area contributed by atoms with Gasteiger partial charge >= 0.3 is 6.03 Å². The molecular weight excluding hydrogens is 394 g/mol. The van der Waals surface area contributed by atoms with Crippen LogP contribution < -0.4 is 15.4 Å². The summed E-state index contributed by atoms with van der Waals surface area (Å²) in [7, 11) is 1.60. The molecule has 0 aliphatic carbocycles. The Bertz CT molecular complexity index is 1190. The van der Waals surface area contributed by atoms with E-state index in [9.17, 15) is 14.4 Å². The molecule has 3 aromatic carbocycles. The van der Waals surface area contributed by atoms with E-state index in [-0.39, 0.29) is 6.54 Å². The summed E-state index contributed by atoms with van der Waals surface area (Å²) in [6, 6.07) is 17.9. The van der Waals surface area contributed by atoms with E-state index in [1.54, 1.807) is 32.2 Å². The van der Waals surface area contributed by atoms with Crippen molar-refractivity contribution < 1.29 is 19.1 Å². The monoisotopic (exact) mass is 417 g/mol. The van der Waals surface area contributed by atoms with E-state index >= 15 is 0 Å². The molecule has 1 heterocycles. The number of ether oxygens (including phenoxy) is 1. The summed E-state index contributed by atoms with van der Waals surface area (Å²) in [5.41, 5.74) is 1.06. The Kier molecular flexibility index (Phi) is 5.10. The predicted octanol–water partition coefficient (Wildman–Crippen LogP) is 3.56. The first-order chi connectivity index (χ1) is 14.8. The van der Waals surface area contributed by atoms with E-state index < -0.39 is 23.4 Å². The number of urea groups is 1. The zero-order chi connectivity index (χ0) is 22.2. The van der Waals surface area contributed by atoms with Gasteiger partial charge in [-0.1, -0.05) is 35.9 Å². The van der Waals surface area contributed by atoms with Crippen molar-refractivity contribution in [3.05, 3.63) is 71.8 Å². The zero-order valence-corrected chi connectivity index (χ0v) is 17.6. The second-order valence-corrected chi connectivity index (χ2v) is 7.79. The van der Waals surface area contributed by atoms with Crippen LogP contribution in [-0.4, -0.2) is 36.4 Å². The van der Waals surface area contributed by atoms with Gasteiger partial charge in [0.1, 0.15) is 17.8 Å². The molecule has 2 N–H and O–H groups in total. The van der Waals surface area contributed by atoms with Crippen molar-refractivity contribution in [1.29, 1.82) is 0 Å². The predicted molar refractivity (Wildman–Crippen MR) is 118 cm³/mol. The molecule has 0 bridgehead atoms. The molecule has 7 heteroatoms. The number of anilines is 1. The van der Waals surface area contributed by atoms with Gasteiger partial charge in [0, 0.05) is 5.69 Å². The highest BCUT2D eigenvalue weighted by molar-refractivity contribution is 6.10. The number of amides is 4. The van der Waals surface area contributed by atoms with Crippen molar-refractivity contribution in [1.82, 2.24) is 10.2 Å². The lowest BCUT2D eigenvalue weighted by molar-refractivity contribution is -0.133. The number of nitrogens with zero attached hydrogens (tertiary/aromatic N) is 1. The maximum atomic E-state index is 13.1. The van der Waals surface area contributed by atoms with Crippen LogP contribution >= 0.6 is 0 Å². The van der Waals surface area contributed by atoms with Gasteiger partial charge in [0.15, 0.2) is 0 Å². The van der Waals surface area contributed by atoms with Gasteiger partial charge in [-0.3, -0.25) is 14.5 Å². The van der Waals surface area contributed by atoms with Gasteiger partial charge < -0.3 is 15.4 Å². The fourth-order valence-corrected chi connectivity index (χ4v) is 3.68. The normalized spacial score (nSPS) is 18.2. The Morgan fingerprint density at radius 1 is 1.03 bits per heavy atom. The van der Waals surface area contributed by atoms with Gasteiger partial charge in [-0.05, 0) is 60.5 Å². The number of rotatable bonds is 5. The third-order valence-electron chi connectivity index (χ3n) is 5.54. The summed E-state index contributed by atoms with van der Waals surface area (Å²) in [5, 5.41) is 7.33. The van der Waals surface area contributed by atoms with E-state index in [1.165, 1.54) is 0 Å². The number of nitrogens with one attached hydrogen (secondary N) is 2. The molecule has 1 saturated heterocycles. The Morgan fingerprint density at radius 3 is 2.42 bits per heavy atom. The van der Waals surface area contributed by atoms with Gasteiger partial charge in [0.05, 0.1) is 7.11 Å². The Balaban J connectivity index is 1.54. The molecular formula is C24H23N3O4. The average Bonchev–Trinajstić information content (AvgIpc) is 2.98. The fraction of sp³-hybridized carbons (Fsp3) is 0.208. The minimum Gasteiger partial charge on any atom is -0.497 e. The quantitative estimate of drug-likeness (QED) is 0.622. The molecule has 7 nitrogen and oxygen atoms in total. The summed E-state index contributed by atoms with van der Waals surface area (Å²) in [5.74, 6) is -0.172. The third-order valence-corrected chi connectivity index (χ3v) is 5.54. The largest absolute Gasteiger partial charge is 0.497 e. The summed E-state index contributed by atoms with van der Waals surface area (Å²) in [6.45, 7) is 3.23. The van der Waals surface area contributed by atoms with Crippen LogP contribution in [0.1, 0.15) is 18.1 Å². The van der Waals surface area contributed by atoms with Gasteiger partial charge in [-0.25, -0.2) is 4.79 Å². The SMILES string of the molecule is COc1ccc2cc([C@]3(C)NC(=O)N(CC(=O)Nc4ccc(C)cc4)C3=O)ccc2c1. The number of aryl methyl sites for hydroxylation is 1. The molecule has 1 fully saturated rings. The molecule has 4 rings (SSSR count). The van der Waals surface area contributed by atoms with E-state index in [0.717, 1.165) is 27.0 Å². The molecule has 0 aromatic heterocycles. The average molecular weight is 417 g/mol. The highest BCUT2D eigenvalue weighted by atomic mass is 16.5. The first-order valence-electron chi connectivity index (χ1n) is 9.89. The fourth-order valence-electron chi connectivity index (χ4n) is 3.68. The lowest BCUT2D eigenvalue weighted by Gasteiger charge is -2.22. The molecule has 0 unspecified atom stereocenters. The Labute approximate surface area is 180 Å². The number of fused-ring (bicyclic) bond motifs is 1. The van der Waals surface area contributed by atoms with Crippen molar-refractivity contribution in [2.24, 2.45) is 0 Å². The summed E-state index contributed by atoms with van der Waals surface area (Å²) in [6.07, 6.45) is 0. The number of hydrogen-bond donors (Lipinski definition) is 2. The maximum absolute atomic E-state index is 13.1. The number of methoxy groups -OCH3 is 1. The smallest absolute Gasteiger partial charge is 0.325 e. The van der Waals surface area contributed by atoms with Crippen molar-refractivity contribution in [2.45, 2.75) is 19.4 Å². The highest BCUT2D eigenvalue weighted by Gasteiger charge is 2.49. The van der Waals surface area contributed by atoms with Crippen LogP contribution in [0.4, 0.5) is 10.5 Å². The Morgan fingerprint density at radius 2 is 1.71 bits per heavy atom. The number of carbonyl (C=O) groups excluding carboxylic acids is 3. The molecule has 0 radical (unpaired) electrons. The zero-order valence-electron chi connectivity index (χ0n) is 17.6. The summed E-state index contributed by atoms with van der Waals surface area (Å²) >= 11 is 0. The van der Waals surface area contributed by atoms with Crippen molar-refractivity contribution in [3.63, 3.8) is 0 Å². The topological polar surface area (TPSA) is 87.7 Å². The van der Waals surface area contributed by atoms with Crippen molar-refractivity contribution >= 4 is 34.3 Å². The molecule has 4 amide bonds. The van der Waals surface area contributed by atoms with Gasteiger partial charge in [0.25, 0.3) is 5.91 Å². The molecule has 0 spiro atoms. The number of benzene rings is 3. The summed E-state index contributed by atoms with van der Waals surface area (Å²) in [4.78, 5) is 39.1. The lowest BCUT2D eigenvalue weighted by atomic mass is 9.90. The van der Waals surface area contributed by atoms with Crippen LogP contribution in [0, 0.1) is 6.92 Å². The van der Waals surface area contributed by atoms with E-state index in [0.29, 0.717) is 11.3 Å². The van der Waals surface area contributed by atoms with Crippen LogP contribution in [0.3, 0.4) is 0 Å². The maximum Gasteiger partial charge on any atom is 0.325 e. The van der Waals surface area contributed by atoms with Crippen LogP contribution in [-0.2, 0) is 15.1 Å². The van der Waals surface area contributed by atoms with Gasteiger partial charge in [0.2, 0.25) is 5.91 Å². The number of carbonyl (C=O) groups is 3. The second kappa shape index (κ2) is 7.75. The van der Waals surface area contributed by atoms with Gasteiger partial charge in [-0.2, -0.15) is 0 Å². The molecule has 31 heavy (non-hydrogen) atoms. The minimum atomic E-state index is -1.25. The molecule has 3 aromatic rings. The van der Waals surface area contributed by atoms with E-state index in [2.05, 4.69) is 10.6 Å². The second-order valence-electron chi connectivity index (χ2n) is 7.79. The Hall–Kier alpha value is -3.87. The first kappa shape index (κ1) is 20.4. The number of hydrogen-bond acceptors (Lipinski definition) is 4. The van der Waals surface area contributed by atoms with Crippen LogP contribution in [0.15, 0.2) is 60.7 Å². The molecule has 1 aliphatic heterocycles. The molecule has 1 atom stereocenters. The van der Waals surface area contributed by atoms with Crippen molar-refractivity contribution in [2.75, 3.05) is 19.0 Å².